The zero-order valence-corrected chi connectivity index (χ0v) is 29.1. The van der Waals surface area contributed by atoms with Gasteiger partial charge in [0.2, 0.25) is 0 Å². The van der Waals surface area contributed by atoms with Crippen LogP contribution < -0.4 is 5.73 Å². The van der Waals surface area contributed by atoms with Crippen molar-refractivity contribution in [2.45, 2.75) is 39.9 Å². The van der Waals surface area contributed by atoms with Crippen molar-refractivity contribution in [1.29, 1.82) is 0 Å². The van der Waals surface area contributed by atoms with E-state index >= 15 is 0 Å². The van der Waals surface area contributed by atoms with Gasteiger partial charge in [0.25, 0.3) is 11.8 Å². The lowest BCUT2D eigenvalue weighted by Gasteiger charge is -2.27. The summed E-state index contributed by atoms with van der Waals surface area (Å²) in [5.41, 5.74) is 6.83. The van der Waals surface area contributed by atoms with E-state index in [9.17, 15) is 28.8 Å². The molecule has 0 aliphatic carbocycles. The second-order valence-electron chi connectivity index (χ2n) is 8.55. The van der Waals surface area contributed by atoms with E-state index in [0.717, 1.165) is 0 Å². The predicted molar refractivity (Wildman–Crippen MR) is 167 cm³/mol. The highest BCUT2D eigenvalue weighted by Crippen LogP contribution is 2.35. The number of esters is 4. The molecule has 2 unspecified atom stereocenters. The fourth-order valence-electron chi connectivity index (χ4n) is 3.36. The number of likely N-dealkylation sites (N-methyl/N-ethyl adjacent to an activating group) is 2. The van der Waals surface area contributed by atoms with Crippen LogP contribution in [0.4, 0.5) is 5.69 Å². The van der Waals surface area contributed by atoms with Gasteiger partial charge in [0.1, 0.15) is 13.2 Å². The number of nitrogens with zero attached hydrogens (tertiary/aromatic N) is 2. The molecule has 0 bridgehead atoms. The number of halogens is 3. The number of nitrogen functional groups attached to an aromatic ring is 1. The topological polar surface area (TPSA) is 172 Å². The smallest absolute Gasteiger partial charge is 0.303 e. The molecule has 40 heavy (non-hydrogen) atoms. The fourth-order valence-corrected chi connectivity index (χ4v) is 7.44. The molecule has 1 aromatic carbocycles. The normalized spacial score (nSPS) is 12.0. The highest BCUT2D eigenvalue weighted by molar-refractivity contribution is 14.1. The molecule has 1 rings (SSSR count). The second-order valence-corrected chi connectivity index (χ2v) is 11.8. The van der Waals surface area contributed by atoms with Gasteiger partial charge in [-0.15, -0.1) is 0 Å². The monoisotopic (exact) mass is 901 g/mol. The quantitative estimate of drug-likeness (QED) is 0.141. The average molecular weight is 901 g/mol. The maximum absolute atomic E-state index is 13.6. The molecule has 16 heteroatoms. The van der Waals surface area contributed by atoms with Crippen LogP contribution in [0.15, 0.2) is 0 Å². The molecule has 222 valence electrons. The fraction of sp³-hybridized carbons (Fsp3) is 0.500. The Balaban J connectivity index is 3.37. The second kappa shape index (κ2) is 16.5. The molecule has 0 fully saturated rings. The Morgan fingerprint density at radius 1 is 0.650 bits per heavy atom. The van der Waals surface area contributed by atoms with Gasteiger partial charge in [-0.3, -0.25) is 28.8 Å². The van der Waals surface area contributed by atoms with Crippen molar-refractivity contribution in [2.24, 2.45) is 0 Å². The van der Waals surface area contributed by atoms with Gasteiger partial charge in [-0.05, 0) is 67.8 Å². The van der Waals surface area contributed by atoms with Crippen LogP contribution >= 0.6 is 67.8 Å². The van der Waals surface area contributed by atoms with Crippen molar-refractivity contribution in [1.82, 2.24) is 9.80 Å². The maximum Gasteiger partial charge on any atom is 0.303 e. The third-order valence-electron chi connectivity index (χ3n) is 5.04. The first kappa shape index (κ1) is 36.1. The maximum atomic E-state index is 13.6. The van der Waals surface area contributed by atoms with Crippen LogP contribution in [0.5, 0.6) is 0 Å². The summed E-state index contributed by atoms with van der Waals surface area (Å²) in [6.45, 7) is 4.10. The minimum atomic E-state index is -0.922. The van der Waals surface area contributed by atoms with Gasteiger partial charge >= 0.3 is 23.9 Å². The van der Waals surface area contributed by atoms with Crippen molar-refractivity contribution in [2.75, 3.05) is 46.1 Å². The molecule has 0 spiro atoms. The van der Waals surface area contributed by atoms with E-state index in [4.69, 9.17) is 24.7 Å². The highest BCUT2D eigenvalue weighted by Gasteiger charge is 2.31. The molecular weight excluding hydrogens is 871 g/mol. The van der Waals surface area contributed by atoms with Gasteiger partial charge in [-0.2, -0.15) is 0 Å². The number of rotatable bonds is 12. The van der Waals surface area contributed by atoms with Crippen molar-refractivity contribution < 1.29 is 47.7 Å². The lowest BCUT2D eigenvalue weighted by Crippen LogP contribution is -2.41. The molecule has 0 aliphatic heterocycles. The Kier molecular flexibility index (Phi) is 14.8. The van der Waals surface area contributed by atoms with Gasteiger partial charge in [0, 0.05) is 45.4 Å². The molecular formula is C24H30I3N3O10. The highest BCUT2D eigenvalue weighted by atomic mass is 127. The lowest BCUT2D eigenvalue weighted by molar-refractivity contribution is -0.156. The molecule has 1 aromatic rings. The number of anilines is 1. The third kappa shape index (κ3) is 10.8. The number of hydrogen-bond acceptors (Lipinski definition) is 11. The van der Waals surface area contributed by atoms with Crippen molar-refractivity contribution in [3.05, 3.63) is 21.8 Å². The van der Waals surface area contributed by atoms with E-state index in [1.807, 2.05) is 67.8 Å². The van der Waals surface area contributed by atoms with Gasteiger partial charge < -0.3 is 34.5 Å². The molecule has 0 radical (unpaired) electrons. The Morgan fingerprint density at radius 2 is 0.975 bits per heavy atom. The van der Waals surface area contributed by atoms with Crippen LogP contribution in [-0.2, 0) is 38.1 Å². The third-order valence-corrected chi connectivity index (χ3v) is 8.36. The summed E-state index contributed by atoms with van der Waals surface area (Å²) in [6.07, 6.45) is -1.84. The lowest BCUT2D eigenvalue weighted by atomic mass is 10.1. The number of carbonyl (C=O) groups excluding carboxylic acids is 6. The zero-order chi connectivity index (χ0) is 30.9. The van der Waals surface area contributed by atoms with Gasteiger partial charge in [0.15, 0.2) is 12.2 Å². The molecule has 0 saturated heterocycles. The Hall–Kier alpha value is -1.97. The van der Waals surface area contributed by atoms with E-state index in [1.165, 1.54) is 51.6 Å². The molecule has 2 atom stereocenters. The molecule has 2 N–H and O–H groups in total. The summed E-state index contributed by atoms with van der Waals surface area (Å²) < 4.78 is 21.4. The summed E-state index contributed by atoms with van der Waals surface area (Å²) in [5, 5.41) is 0. The van der Waals surface area contributed by atoms with Crippen LogP contribution in [0.25, 0.3) is 0 Å². The average Bonchev–Trinajstić information content (AvgIpc) is 2.83. The van der Waals surface area contributed by atoms with E-state index in [-0.39, 0.29) is 43.1 Å². The van der Waals surface area contributed by atoms with Gasteiger partial charge in [-0.25, -0.2) is 0 Å². The number of amides is 2. The summed E-state index contributed by atoms with van der Waals surface area (Å²) in [4.78, 5) is 75.2. The first-order valence-corrected chi connectivity index (χ1v) is 14.8. The van der Waals surface area contributed by atoms with Gasteiger partial charge in [-0.1, -0.05) is 0 Å². The van der Waals surface area contributed by atoms with E-state index < -0.39 is 47.9 Å². The van der Waals surface area contributed by atoms with Crippen LogP contribution in [0.2, 0.25) is 0 Å². The first-order chi connectivity index (χ1) is 18.5. The summed E-state index contributed by atoms with van der Waals surface area (Å²) in [5.74, 6) is -3.40. The molecule has 13 nitrogen and oxygen atoms in total. The predicted octanol–water partition coefficient (Wildman–Crippen LogP) is 2.22. The summed E-state index contributed by atoms with van der Waals surface area (Å²) >= 11 is 5.74. The summed E-state index contributed by atoms with van der Waals surface area (Å²) in [7, 11) is 2.94. The van der Waals surface area contributed by atoms with Crippen molar-refractivity contribution in [3.8, 4) is 0 Å². The minimum Gasteiger partial charge on any atom is -0.462 e. The van der Waals surface area contributed by atoms with E-state index in [1.54, 1.807) is 0 Å². The van der Waals surface area contributed by atoms with Crippen LogP contribution in [-0.4, -0.2) is 98.1 Å². The van der Waals surface area contributed by atoms with Crippen LogP contribution in [0, 0.1) is 10.7 Å². The summed E-state index contributed by atoms with van der Waals surface area (Å²) in [6, 6.07) is 0. The number of carbonyl (C=O) groups is 6. The Bertz CT molecular complexity index is 1090. The number of nitrogens with two attached hydrogens (primary N) is 1. The standard InChI is InChI=1S/C24H30I3N3O10/c1-11(31)37-9-15(39-13(3)33)7-29(5)23(35)17-19(25)18(21(27)22(28)20(17)26)24(36)30(6)8-16(40-14(4)34)10-38-12(2)32/h15-16H,7-10,28H2,1-6H3. The largest absolute Gasteiger partial charge is 0.462 e. The Labute approximate surface area is 272 Å². The van der Waals surface area contributed by atoms with E-state index in [0.29, 0.717) is 10.7 Å². The molecule has 2 amide bonds. The number of benzene rings is 1. The Morgan fingerprint density at radius 3 is 1.25 bits per heavy atom. The SMILES string of the molecule is CC(=O)OCC(CN(C)C(=O)c1c(I)c(N)c(I)c(C(=O)N(C)CC(COC(C)=O)OC(C)=O)c1I)OC(C)=O. The minimum absolute atomic E-state index is 0.104. The molecule has 0 aromatic heterocycles. The van der Waals surface area contributed by atoms with Crippen molar-refractivity contribution >= 4 is 109 Å². The van der Waals surface area contributed by atoms with Gasteiger partial charge in [0.05, 0.1) is 37.0 Å². The first-order valence-electron chi connectivity index (χ1n) is 11.6. The molecule has 0 saturated carbocycles. The number of hydrogen-bond donors (Lipinski definition) is 1. The van der Waals surface area contributed by atoms with Crippen LogP contribution in [0.1, 0.15) is 48.4 Å². The van der Waals surface area contributed by atoms with Crippen molar-refractivity contribution in [3.63, 3.8) is 0 Å². The zero-order valence-electron chi connectivity index (χ0n) is 22.7. The molecule has 0 aliphatic rings. The van der Waals surface area contributed by atoms with Crippen LogP contribution in [0.3, 0.4) is 0 Å². The molecule has 0 heterocycles. The van der Waals surface area contributed by atoms with E-state index in [2.05, 4.69) is 0 Å². The number of ether oxygens (including phenoxy) is 4.